The van der Waals surface area contributed by atoms with Gasteiger partial charge in [0.2, 0.25) is 0 Å². The summed E-state index contributed by atoms with van der Waals surface area (Å²) in [5, 5.41) is 0. The lowest BCUT2D eigenvalue weighted by Gasteiger charge is -2.18. The van der Waals surface area contributed by atoms with Crippen LogP contribution in [0.4, 0.5) is 0 Å². The molecule has 30 heavy (non-hydrogen) atoms. The van der Waals surface area contributed by atoms with E-state index in [0.29, 0.717) is 6.42 Å². The van der Waals surface area contributed by atoms with Gasteiger partial charge in [-0.25, -0.2) is 9.97 Å². The SMILES string of the molecule is C#Cc1ccc(Cc2nccc(Cc3c(C)cc(CN4CCCC4)cc3C)n2)cc1. The molecule has 4 rings (SSSR count). The molecule has 0 amide bonds. The van der Waals surface area contributed by atoms with Crippen molar-refractivity contribution in [2.45, 2.75) is 46.1 Å². The minimum absolute atomic E-state index is 0.714. The predicted molar refractivity (Wildman–Crippen MR) is 122 cm³/mol. The van der Waals surface area contributed by atoms with E-state index in [1.54, 1.807) is 0 Å². The molecule has 1 saturated heterocycles. The molecule has 0 saturated carbocycles. The second-order valence-electron chi connectivity index (χ2n) is 8.35. The van der Waals surface area contributed by atoms with Gasteiger partial charge < -0.3 is 0 Å². The van der Waals surface area contributed by atoms with Crippen LogP contribution in [-0.4, -0.2) is 28.0 Å². The number of hydrogen-bond acceptors (Lipinski definition) is 3. The van der Waals surface area contributed by atoms with Crippen molar-refractivity contribution >= 4 is 0 Å². The second kappa shape index (κ2) is 9.24. The maximum absolute atomic E-state index is 5.44. The molecule has 2 aromatic carbocycles. The monoisotopic (exact) mass is 395 g/mol. The molecule has 3 nitrogen and oxygen atoms in total. The fourth-order valence-corrected chi connectivity index (χ4v) is 4.36. The van der Waals surface area contributed by atoms with Gasteiger partial charge in [-0.1, -0.05) is 30.2 Å². The Hall–Kier alpha value is -2.96. The van der Waals surface area contributed by atoms with Gasteiger partial charge in [0.05, 0.1) is 0 Å². The van der Waals surface area contributed by atoms with Gasteiger partial charge in [0.15, 0.2) is 0 Å². The van der Waals surface area contributed by atoms with Gasteiger partial charge in [-0.2, -0.15) is 0 Å². The molecule has 1 aromatic heterocycles. The van der Waals surface area contributed by atoms with Crippen molar-refractivity contribution in [3.8, 4) is 12.3 Å². The van der Waals surface area contributed by atoms with Crippen molar-refractivity contribution in [2.24, 2.45) is 0 Å². The summed E-state index contributed by atoms with van der Waals surface area (Å²) in [4.78, 5) is 11.9. The molecule has 0 atom stereocenters. The Morgan fingerprint density at radius 3 is 2.30 bits per heavy atom. The van der Waals surface area contributed by atoms with E-state index >= 15 is 0 Å². The Kier molecular flexibility index (Phi) is 6.26. The van der Waals surface area contributed by atoms with Crippen LogP contribution in [-0.2, 0) is 19.4 Å². The maximum atomic E-state index is 5.44. The summed E-state index contributed by atoms with van der Waals surface area (Å²) in [7, 11) is 0. The molecule has 3 aromatic rings. The van der Waals surface area contributed by atoms with Crippen LogP contribution in [0, 0.1) is 26.2 Å². The first kappa shape index (κ1) is 20.3. The Morgan fingerprint density at radius 2 is 1.63 bits per heavy atom. The molecule has 0 spiro atoms. The van der Waals surface area contributed by atoms with Crippen LogP contribution in [0.1, 0.15) is 57.7 Å². The zero-order chi connectivity index (χ0) is 20.9. The zero-order valence-corrected chi connectivity index (χ0v) is 18.0. The summed E-state index contributed by atoms with van der Waals surface area (Å²) in [6, 6.07) is 14.8. The summed E-state index contributed by atoms with van der Waals surface area (Å²) in [5.74, 6) is 3.50. The number of aryl methyl sites for hydroxylation is 2. The largest absolute Gasteiger partial charge is 0.299 e. The highest BCUT2D eigenvalue weighted by Crippen LogP contribution is 2.22. The second-order valence-corrected chi connectivity index (χ2v) is 8.35. The van der Waals surface area contributed by atoms with Gasteiger partial charge in [-0.3, -0.25) is 4.90 Å². The van der Waals surface area contributed by atoms with Crippen LogP contribution >= 0.6 is 0 Å². The normalized spacial score (nSPS) is 14.0. The number of likely N-dealkylation sites (tertiary alicyclic amines) is 1. The van der Waals surface area contributed by atoms with Gasteiger partial charge in [0.1, 0.15) is 5.82 Å². The van der Waals surface area contributed by atoms with E-state index in [9.17, 15) is 0 Å². The van der Waals surface area contributed by atoms with E-state index in [1.165, 1.54) is 53.7 Å². The van der Waals surface area contributed by atoms with E-state index in [4.69, 9.17) is 11.4 Å². The average Bonchev–Trinajstić information content (AvgIpc) is 3.25. The molecule has 1 fully saturated rings. The summed E-state index contributed by atoms with van der Waals surface area (Å²) < 4.78 is 0. The Labute approximate surface area is 180 Å². The Bertz CT molecular complexity index is 1030. The molecule has 0 radical (unpaired) electrons. The average molecular weight is 396 g/mol. The summed E-state index contributed by atoms with van der Waals surface area (Å²) >= 11 is 0. The number of rotatable bonds is 6. The van der Waals surface area contributed by atoms with E-state index < -0.39 is 0 Å². The molecular weight excluding hydrogens is 366 g/mol. The van der Waals surface area contributed by atoms with Gasteiger partial charge in [-0.15, -0.1) is 6.42 Å². The minimum atomic E-state index is 0.714. The van der Waals surface area contributed by atoms with Crippen molar-refractivity contribution in [3.63, 3.8) is 0 Å². The molecule has 0 unspecified atom stereocenters. The van der Waals surface area contributed by atoms with E-state index in [0.717, 1.165) is 30.0 Å². The first-order valence-corrected chi connectivity index (χ1v) is 10.8. The topological polar surface area (TPSA) is 29.0 Å². The lowest BCUT2D eigenvalue weighted by molar-refractivity contribution is 0.331. The van der Waals surface area contributed by atoms with Gasteiger partial charge in [-0.05, 0) is 85.8 Å². The Balaban J connectivity index is 1.48. The number of terminal acetylenes is 1. The van der Waals surface area contributed by atoms with Crippen molar-refractivity contribution in [1.82, 2.24) is 14.9 Å². The molecule has 1 aliphatic rings. The van der Waals surface area contributed by atoms with Crippen LogP contribution in [0.2, 0.25) is 0 Å². The van der Waals surface area contributed by atoms with Crippen LogP contribution in [0.15, 0.2) is 48.7 Å². The van der Waals surface area contributed by atoms with E-state index in [-0.39, 0.29) is 0 Å². The first-order chi connectivity index (χ1) is 14.6. The van der Waals surface area contributed by atoms with E-state index in [1.807, 2.05) is 24.4 Å². The molecule has 0 bridgehead atoms. The predicted octanol–water partition coefficient (Wildman–Crippen LogP) is 4.85. The summed E-state index contributed by atoms with van der Waals surface area (Å²) in [5.41, 5.74) is 8.65. The van der Waals surface area contributed by atoms with Crippen molar-refractivity contribution in [1.29, 1.82) is 0 Å². The van der Waals surface area contributed by atoms with Crippen molar-refractivity contribution in [3.05, 3.63) is 93.6 Å². The fourth-order valence-electron chi connectivity index (χ4n) is 4.36. The zero-order valence-electron chi connectivity index (χ0n) is 18.0. The molecule has 3 heteroatoms. The number of aromatic nitrogens is 2. The molecular formula is C27H29N3. The van der Waals surface area contributed by atoms with Gasteiger partial charge >= 0.3 is 0 Å². The summed E-state index contributed by atoms with van der Waals surface area (Å²) in [6.45, 7) is 7.98. The van der Waals surface area contributed by atoms with Crippen LogP contribution in [0.5, 0.6) is 0 Å². The lowest BCUT2D eigenvalue weighted by atomic mass is 9.95. The maximum Gasteiger partial charge on any atom is 0.132 e. The highest BCUT2D eigenvalue weighted by atomic mass is 15.1. The highest BCUT2D eigenvalue weighted by molar-refractivity contribution is 5.40. The van der Waals surface area contributed by atoms with Crippen LogP contribution in [0.25, 0.3) is 0 Å². The lowest BCUT2D eigenvalue weighted by Crippen LogP contribution is -2.18. The molecule has 152 valence electrons. The third kappa shape index (κ3) is 4.96. The third-order valence-corrected chi connectivity index (χ3v) is 5.96. The highest BCUT2D eigenvalue weighted by Gasteiger charge is 2.14. The number of benzene rings is 2. The smallest absolute Gasteiger partial charge is 0.132 e. The summed E-state index contributed by atoms with van der Waals surface area (Å²) in [6.07, 6.45) is 11.5. The third-order valence-electron chi connectivity index (χ3n) is 5.96. The van der Waals surface area contributed by atoms with Crippen LogP contribution < -0.4 is 0 Å². The first-order valence-electron chi connectivity index (χ1n) is 10.8. The molecule has 0 aliphatic carbocycles. The van der Waals surface area contributed by atoms with Crippen molar-refractivity contribution < 1.29 is 0 Å². The fraction of sp³-hybridized carbons (Fsp3) is 0.333. The Morgan fingerprint density at radius 1 is 0.933 bits per heavy atom. The van der Waals surface area contributed by atoms with E-state index in [2.05, 4.69) is 53.9 Å². The van der Waals surface area contributed by atoms with Gasteiger partial charge in [0.25, 0.3) is 0 Å². The quantitative estimate of drug-likeness (QED) is 0.559. The molecule has 2 heterocycles. The minimum Gasteiger partial charge on any atom is -0.299 e. The molecule has 0 N–H and O–H groups in total. The molecule has 1 aliphatic heterocycles. The standard InChI is InChI=1S/C27H29N3/c1-4-22-7-9-23(10-8-22)17-27-28-12-11-25(29-27)18-26-20(2)15-24(16-21(26)3)19-30-13-5-6-14-30/h1,7-12,15-16H,5-6,13-14,17-19H2,2-3H3. The van der Waals surface area contributed by atoms with Crippen LogP contribution in [0.3, 0.4) is 0 Å². The number of hydrogen-bond donors (Lipinski definition) is 0. The van der Waals surface area contributed by atoms with Crippen molar-refractivity contribution in [2.75, 3.05) is 13.1 Å². The number of nitrogens with zero attached hydrogens (tertiary/aromatic N) is 3. The van der Waals surface area contributed by atoms with Gasteiger partial charge in [0, 0.05) is 36.8 Å².